The first-order chi connectivity index (χ1) is 11.0. The quantitative estimate of drug-likeness (QED) is 0.785. The van der Waals surface area contributed by atoms with E-state index in [9.17, 15) is 14.0 Å². The number of hydrogen-bond acceptors (Lipinski definition) is 2. The average molecular weight is 379 g/mol. The second-order valence-electron chi connectivity index (χ2n) is 4.99. The summed E-state index contributed by atoms with van der Waals surface area (Å²) in [7, 11) is 0. The SMILES string of the molecule is Cc1ccc(C(=O)NCCNC(=O)c2cccc(Br)c2)cc1F. The fraction of sp³-hybridized carbons (Fsp3) is 0.176. The van der Waals surface area contributed by atoms with E-state index in [4.69, 9.17) is 0 Å². The number of carbonyl (C=O) groups excluding carboxylic acids is 2. The molecule has 0 aromatic heterocycles. The minimum absolute atomic E-state index is 0.220. The Morgan fingerprint density at radius 2 is 1.61 bits per heavy atom. The average Bonchev–Trinajstić information content (AvgIpc) is 2.53. The highest BCUT2D eigenvalue weighted by Gasteiger charge is 2.08. The molecule has 0 aliphatic rings. The predicted molar refractivity (Wildman–Crippen MR) is 89.9 cm³/mol. The van der Waals surface area contributed by atoms with Crippen molar-refractivity contribution in [1.29, 1.82) is 0 Å². The van der Waals surface area contributed by atoms with Gasteiger partial charge >= 0.3 is 0 Å². The second kappa shape index (κ2) is 7.87. The molecular formula is C17H16BrFN2O2. The molecule has 0 aliphatic carbocycles. The van der Waals surface area contributed by atoms with Crippen LogP contribution >= 0.6 is 15.9 Å². The standard InChI is InChI=1S/C17H16BrFN2O2/c1-11-5-6-13(10-15(11)19)17(23)21-8-7-20-16(22)12-3-2-4-14(18)9-12/h2-6,9-10H,7-8H2,1H3,(H,20,22)(H,21,23). The molecule has 2 N–H and O–H groups in total. The van der Waals surface area contributed by atoms with Crippen molar-refractivity contribution in [3.8, 4) is 0 Å². The minimum atomic E-state index is -0.416. The summed E-state index contributed by atoms with van der Waals surface area (Å²) >= 11 is 3.30. The Bertz CT molecular complexity index is 734. The maximum atomic E-state index is 13.4. The van der Waals surface area contributed by atoms with Crippen molar-refractivity contribution in [3.05, 3.63) is 69.4 Å². The summed E-state index contributed by atoms with van der Waals surface area (Å²) in [5.41, 5.74) is 1.28. The maximum Gasteiger partial charge on any atom is 0.251 e. The van der Waals surface area contributed by atoms with Gasteiger partial charge in [0.2, 0.25) is 0 Å². The number of carbonyl (C=O) groups is 2. The van der Waals surface area contributed by atoms with Crippen molar-refractivity contribution in [3.63, 3.8) is 0 Å². The summed E-state index contributed by atoms with van der Waals surface area (Å²) in [6.07, 6.45) is 0. The van der Waals surface area contributed by atoms with E-state index in [-0.39, 0.29) is 30.5 Å². The fourth-order valence-electron chi connectivity index (χ4n) is 1.92. The number of aryl methyl sites for hydroxylation is 1. The molecule has 0 saturated heterocycles. The first-order valence-corrected chi connectivity index (χ1v) is 7.85. The Balaban J connectivity index is 1.79. The van der Waals surface area contributed by atoms with Crippen molar-refractivity contribution in [2.45, 2.75) is 6.92 Å². The molecular weight excluding hydrogens is 363 g/mol. The van der Waals surface area contributed by atoms with Crippen LogP contribution in [0, 0.1) is 12.7 Å². The molecule has 6 heteroatoms. The highest BCUT2D eigenvalue weighted by molar-refractivity contribution is 9.10. The molecule has 0 fully saturated rings. The van der Waals surface area contributed by atoms with Gasteiger partial charge in [0.1, 0.15) is 5.82 Å². The van der Waals surface area contributed by atoms with Crippen LogP contribution in [0.4, 0.5) is 4.39 Å². The fourth-order valence-corrected chi connectivity index (χ4v) is 2.32. The van der Waals surface area contributed by atoms with Crippen LogP contribution in [-0.2, 0) is 0 Å². The zero-order valence-electron chi connectivity index (χ0n) is 12.5. The minimum Gasteiger partial charge on any atom is -0.350 e. The van der Waals surface area contributed by atoms with E-state index in [0.29, 0.717) is 11.1 Å². The van der Waals surface area contributed by atoms with Gasteiger partial charge in [-0.05, 0) is 42.8 Å². The second-order valence-corrected chi connectivity index (χ2v) is 5.90. The topological polar surface area (TPSA) is 58.2 Å². The Kier molecular flexibility index (Phi) is 5.87. The summed E-state index contributed by atoms with van der Waals surface area (Å²) < 4.78 is 14.2. The molecule has 2 rings (SSSR count). The molecule has 0 radical (unpaired) electrons. The number of rotatable bonds is 5. The highest BCUT2D eigenvalue weighted by Crippen LogP contribution is 2.11. The highest BCUT2D eigenvalue weighted by atomic mass is 79.9. The predicted octanol–water partition coefficient (Wildman–Crippen LogP) is 3.06. The van der Waals surface area contributed by atoms with Gasteiger partial charge in [-0.1, -0.05) is 28.1 Å². The van der Waals surface area contributed by atoms with E-state index in [1.807, 2.05) is 6.07 Å². The van der Waals surface area contributed by atoms with Crippen LogP contribution in [0.15, 0.2) is 46.9 Å². The smallest absolute Gasteiger partial charge is 0.251 e. The molecule has 120 valence electrons. The molecule has 0 aliphatic heterocycles. The third-order valence-electron chi connectivity index (χ3n) is 3.22. The molecule has 23 heavy (non-hydrogen) atoms. The summed E-state index contributed by atoms with van der Waals surface area (Å²) in [6, 6.07) is 11.3. The van der Waals surface area contributed by atoms with E-state index >= 15 is 0 Å². The van der Waals surface area contributed by atoms with Crippen LogP contribution in [0.25, 0.3) is 0 Å². The molecule has 0 spiro atoms. The molecule has 0 atom stereocenters. The lowest BCUT2D eigenvalue weighted by atomic mass is 10.1. The van der Waals surface area contributed by atoms with Crippen LogP contribution in [-0.4, -0.2) is 24.9 Å². The van der Waals surface area contributed by atoms with Gasteiger partial charge in [0, 0.05) is 28.7 Å². The Labute approximate surface area is 142 Å². The zero-order valence-corrected chi connectivity index (χ0v) is 14.1. The lowest BCUT2D eigenvalue weighted by Gasteiger charge is -2.08. The van der Waals surface area contributed by atoms with Gasteiger partial charge in [0.05, 0.1) is 0 Å². The van der Waals surface area contributed by atoms with Gasteiger partial charge in [0.25, 0.3) is 11.8 Å². The van der Waals surface area contributed by atoms with Gasteiger partial charge in [-0.2, -0.15) is 0 Å². The Hall–Kier alpha value is -2.21. The monoisotopic (exact) mass is 378 g/mol. The van der Waals surface area contributed by atoms with Gasteiger partial charge < -0.3 is 10.6 Å². The van der Waals surface area contributed by atoms with Crippen molar-refractivity contribution in [1.82, 2.24) is 10.6 Å². The van der Waals surface area contributed by atoms with Crippen LogP contribution in [0.5, 0.6) is 0 Å². The summed E-state index contributed by atoms with van der Waals surface area (Å²) in [5.74, 6) is -1.01. The van der Waals surface area contributed by atoms with Crippen molar-refractivity contribution >= 4 is 27.7 Å². The van der Waals surface area contributed by atoms with Crippen LogP contribution < -0.4 is 10.6 Å². The molecule has 0 bridgehead atoms. The van der Waals surface area contributed by atoms with Crippen LogP contribution in [0.2, 0.25) is 0 Å². The summed E-state index contributed by atoms with van der Waals surface area (Å²) in [6.45, 7) is 2.17. The van der Waals surface area contributed by atoms with Crippen molar-refractivity contribution < 1.29 is 14.0 Å². The Morgan fingerprint density at radius 1 is 1.00 bits per heavy atom. The van der Waals surface area contributed by atoms with Crippen LogP contribution in [0.3, 0.4) is 0 Å². The van der Waals surface area contributed by atoms with E-state index in [1.54, 1.807) is 37.3 Å². The van der Waals surface area contributed by atoms with Gasteiger partial charge in [-0.3, -0.25) is 9.59 Å². The lowest BCUT2D eigenvalue weighted by Crippen LogP contribution is -2.34. The van der Waals surface area contributed by atoms with E-state index in [2.05, 4.69) is 26.6 Å². The molecule has 0 heterocycles. The molecule has 2 amide bonds. The third-order valence-corrected chi connectivity index (χ3v) is 3.71. The molecule has 0 unspecified atom stereocenters. The first kappa shape index (κ1) is 17.1. The van der Waals surface area contributed by atoms with Gasteiger partial charge in [-0.25, -0.2) is 4.39 Å². The Morgan fingerprint density at radius 3 is 2.17 bits per heavy atom. The largest absolute Gasteiger partial charge is 0.350 e. The number of halogens is 2. The molecule has 2 aromatic carbocycles. The maximum absolute atomic E-state index is 13.4. The van der Waals surface area contributed by atoms with Crippen molar-refractivity contribution in [2.75, 3.05) is 13.1 Å². The number of amides is 2. The molecule has 2 aromatic rings. The normalized spacial score (nSPS) is 10.2. The van der Waals surface area contributed by atoms with Gasteiger partial charge in [-0.15, -0.1) is 0 Å². The number of benzene rings is 2. The summed E-state index contributed by atoms with van der Waals surface area (Å²) in [5, 5.41) is 5.34. The molecule has 0 saturated carbocycles. The van der Waals surface area contributed by atoms with Gasteiger partial charge in [0.15, 0.2) is 0 Å². The van der Waals surface area contributed by atoms with Crippen LogP contribution in [0.1, 0.15) is 26.3 Å². The van der Waals surface area contributed by atoms with E-state index in [0.717, 1.165) is 4.47 Å². The first-order valence-electron chi connectivity index (χ1n) is 7.05. The van der Waals surface area contributed by atoms with E-state index in [1.165, 1.54) is 6.07 Å². The zero-order chi connectivity index (χ0) is 16.8. The summed E-state index contributed by atoms with van der Waals surface area (Å²) in [4.78, 5) is 23.8. The van der Waals surface area contributed by atoms with Crippen molar-refractivity contribution in [2.24, 2.45) is 0 Å². The lowest BCUT2D eigenvalue weighted by molar-refractivity contribution is 0.0927. The number of nitrogens with one attached hydrogen (secondary N) is 2. The number of hydrogen-bond donors (Lipinski definition) is 2. The third kappa shape index (κ3) is 4.89. The molecule has 4 nitrogen and oxygen atoms in total. The van der Waals surface area contributed by atoms with E-state index < -0.39 is 5.82 Å².